The Morgan fingerprint density at radius 2 is 2.00 bits per heavy atom. The van der Waals surface area contributed by atoms with Crippen molar-refractivity contribution in [3.8, 4) is 0 Å². The van der Waals surface area contributed by atoms with Gasteiger partial charge in [-0.05, 0) is 24.3 Å². The molecule has 58 valence electrons. The summed E-state index contributed by atoms with van der Waals surface area (Å²) in [5.74, 6) is 0. The van der Waals surface area contributed by atoms with Crippen molar-refractivity contribution in [1.82, 2.24) is 0 Å². The molecule has 0 N–H and O–H groups in total. The molecule has 1 nitrogen and oxygen atoms in total. The molecule has 1 aliphatic heterocycles. The lowest BCUT2D eigenvalue weighted by molar-refractivity contribution is 1.13. The third-order valence-electron chi connectivity index (χ3n) is 1.23. The van der Waals surface area contributed by atoms with Gasteiger partial charge in [0, 0.05) is 0 Å². The summed E-state index contributed by atoms with van der Waals surface area (Å²) in [6, 6.07) is 0. The predicted octanol–water partition coefficient (Wildman–Crippen LogP) is 3.08. The average molecular weight is 157 g/mol. The van der Waals surface area contributed by atoms with Gasteiger partial charge in [0.05, 0.1) is 12.1 Å². The zero-order valence-corrected chi connectivity index (χ0v) is 7.96. The highest BCUT2D eigenvalue weighted by atomic mass is 32.2. The lowest BCUT2D eigenvalue weighted by Crippen LogP contribution is -1.91. The van der Waals surface area contributed by atoms with Crippen molar-refractivity contribution in [3.63, 3.8) is 0 Å². The summed E-state index contributed by atoms with van der Waals surface area (Å²) < 4.78 is 0. The Balaban J connectivity index is 0.000000371. The van der Waals surface area contributed by atoms with E-state index in [9.17, 15) is 0 Å². The Morgan fingerprint density at radius 1 is 1.40 bits per heavy atom. The van der Waals surface area contributed by atoms with Crippen LogP contribution >= 0.6 is 11.8 Å². The van der Waals surface area contributed by atoms with Crippen LogP contribution < -0.4 is 0 Å². The Morgan fingerprint density at radius 3 is 2.30 bits per heavy atom. The molecule has 0 aromatic rings. The summed E-state index contributed by atoms with van der Waals surface area (Å²) in [5.41, 5.74) is 3.31. The number of aliphatic imine (C=N–C) groups is 1. The first-order valence-electron chi connectivity index (χ1n) is 3.62. The fourth-order valence-electron chi connectivity index (χ4n) is 0.502. The maximum absolute atomic E-state index is 4.09. The van der Waals surface area contributed by atoms with Crippen LogP contribution in [-0.2, 0) is 0 Å². The third-order valence-corrected chi connectivity index (χ3v) is 2.19. The lowest BCUT2D eigenvalue weighted by atomic mass is 10.3. The molecule has 0 aliphatic carbocycles. The monoisotopic (exact) mass is 157 g/mol. The van der Waals surface area contributed by atoms with Gasteiger partial charge in [-0.15, -0.1) is 0 Å². The first-order valence-corrected chi connectivity index (χ1v) is 4.50. The van der Waals surface area contributed by atoms with Gasteiger partial charge in [0.2, 0.25) is 0 Å². The van der Waals surface area contributed by atoms with Crippen LogP contribution in [0.4, 0.5) is 0 Å². The summed E-state index contributed by atoms with van der Waals surface area (Å²) in [7, 11) is 0. The molecule has 2 heteroatoms. The van der Waals surface area contributed by atoms with Gasteiger partial charge >= 0.3 is 0 Å². The molecule has 0 atom stereocenters. The second-order valence-electron chi connectivity index (χ2n) is 1.90. The fourth-order valence-corrected chi connectivity index (χ4v) is 1.08. The van der Waals surface area contributed by atoms with Crippen LogP contribution in [-0.4, -0.2) is 12.1 Å². The Kier molecular flexibility index (Phi) is 5.40. The molecule has 1 aliphatic rings. The highest BCUT2D eigenvalue weighted by Crippen LogP contribution is 2.20. The zero-order chi connectivity index (χ0) is 7.98. The minimum absolute atomic E-state index is 0.902. The normalized spacial score (nSPS) is 16.4. The fraction of sp³-hybridized carbons (Fsp3) is 0.625. The van der Waals surface area contributed by atoms with E-state index in [4.69, 9.17) is 0 Å². The van der Waals surface area contributed by atoms with Crippen LogP contribution in [0.2, 0.25) is 0 Å². The summed E-state index contributed by atoms with van der Waals surface area (Å²) in [4.78, 5) is 5.49. The lowest BCUT2D eigenvalue weighted by Gasteiger charge is -2.05. The molecule has 1 rings (SSSR count). The summed E-state index contributed by atoms with van der Waals surface area (Å²) in [6.07, 6.45) is 0. The number of thioether (sulfide) groups is 1. The SMILES string of the molecule is CC.CC1=C(C)SC=NC1. The Labute approximate surface area is 67.6 Å². The van der Waals surface area contributed by atoms with Gasteiger partial charge in [0.1, 0.15) is 0 Å². The summed E-state index contributed by atoms with van der Waals surface area (Å²) in [6.45, 7) is 9.16. The number of nitrogens with zero attached hydrogens (tertiary/aromatic N) is 1. The molecular formula is C8H15NS. The molecule has 10 heavy (non-hydrogen) atoms. The van der Waals surface area contributed by atoms with Crippen LogP contribution in [0.15, 0.2) is 15.5 Å². The molecule has 0 aromatic carbocycles. The number of hydrogen-bond acceptors (Lipinski definition) is 2. The standard InChI is InChI=1S/C6H9NS.C2H6/c1-5-3-7-4-8-6(5)2;1-2/h4H,3H2,1-2H3;1-2H3. The van der Waals surface area contributed by atoms with E-state index in [2.05, 4.69) is 18.8 Å². The number of rotatable bonds is 0. The van der Waals surface area contributed by atoms with Crippen molar-refractivity contribution in [3.05, 3.63) is 10.5 Å². The van der Waals surface area contributed by atoms with Gasteiger partial charge < -0.3 is 0 Å². The van der Waals surface area contributed by atoms with Crippen LogP contribution in [0.5, 0.6) is 0 Å². The van der Waals surface area contributed by atoms with E-state index in [1.54, 1.807) is 11.8 Å². The van der Waals surface area contributed by atoms with E-state index in [1.807, 2.05) is 19.4 Å². The van der Waals surface area contributed by atoms with E-state index in [-0.39, 0.29) is 0 Å². The molecule has 0 fully saturated rings. The molecule has 0 radical (unpaired) electrons. The van der Waals surface area contributed by atoms with Gasteiger partial charge in [0.15, 0.2) is 0 Å². The van der Waals surface area contributed by atoms with Crippen LogP contribution in [0.25, 0.3) is 0 Å². The van der Waals surface area contributed by atoms with Gasteiger partial charge in [-0.3, -0.25) is 4.99 Å². The molecule has 0 spiro atoms. The van der Waals surface area contributed by atoms with Crippen molar-refractivity contribution in [2.24, 2.45) is 4.99 Å². The van der Waals surface area contributed by atoms with Crippen molar-refractivity contribution >= 4 is 17.3 Å². The average Bonchev–Trinajstić information content (AvgIpc) is 2.00. The molecule has 0 saturated carbocycles. The number of allylic oxidation sites excluding steroid dienone is 1. The Bertz CT molecular complexity index is 131. The molecular weight excluding hydrogens is 142 g/mol. The first-order chi connectivity index (χ1) is 4.80. The van der Waals surface area contributed by atoms with Gasteiger partial charge in [0.25, 0.3) is 0 Å². The zero-order valence-electron chi connectivity index (χ0n) is 7.14. The second-order valence-corrected chi connectivity index (χ2v) is 2.96. The topological polar surface area (TPSA) is 12.4 Å². The quantitative estimate of drug-likeness (QED) is 0.526. The molecule has 0 unspecified atom stereocenters. The van der Waals surface area contributed by atoms with Gasteiger partial charge in [-0.1, -0.05) is 25.6 Å². The van der Waals surface area contributed by atoms with E-state index < -0.39 is 0 Å². The third kappa shape index (κ3) is 3.06. The maximum atomic E-state index is 4.09. The van der Waals surface area contributed by atoms with Crippen LogP contribution in [0.3, 0.4) is 0 Å². The smallest absolute Gasteiger partial charge is 0.0613 e. The molecule has 0 saturated heterocycles. The maximum Gasteiger partial charge on any atom is 0.0613 e. The van der Waals surface area contributed by atoms with Crippen LogP contribution in [0.1, 0.15) is 27.7 Å². The van der Waals surface area contributed by atoms with Crippen molar-refractivity contribution in [1.29, 1.82) is 0 Å². The number of hydrogen-bond donors (Lipinski definition) is 0. The first kappa shape index (κ1) is 9.76. The highest BCUT2D eigenvalue weighted by Gasteiger charge is 1.98. The predicted molar refractivity (Wildman–Crippen MR) is 50.7 cm³/mol. The molecule has 0 bridgehead atoms. The minimum atomic E-state index is 0.902. The molecule has 1 heterocycles. The van der Waals surface area contributed by atoms with E-state index in [0.717, 1.165) is 6.54 Å². The van der Waals surface area contributed by atoms with Crippen molar-refractivity contribution in [2.75, 3.05) is 6.54 Å². The van der Waals surface area contributed by atoms with E-state index in [1.165, 1.54) is 10.5 Å². The van der Waals surface area contributed by atoms with Gasteiger partial charge in [-0.25, -0.2) is 0 Å². The minimum Gasteiger partial charge on any atom is -0.282 e. The van der Waals surface area contributed by atoms with Crippen molar-refractivity contribution < 1.29 is 0 Å². The van der Waals surface area contributed by atoms with Crippen molar-refractivity contribution in [2.45, 2.75) is 27.7 Å². The largest absolute Gasteiger partial charge is 0.282 e. The highest BCUT2D eigenvalue weighted by molar-refractivity contribution is 8.15. The van der Waals surface area contributed by atoms with Gasteiger partial charge in [-0.2, -0.15) is 0 Å². The Hall–Kier alpha value is -0.240. The van der Waals surface area contributed by atoms with E-state index in [0.29, 0.717) is 0 Å². The molecule has 0 aromatic heterocycles. The summed E-state index contributed by atoms with van der Waals surface area (Å²) in [5, 5.41) is 0. The second kappa shape index (κ2) is 5.54. The van der Waals surface area contributed by atoms with Crippen LogP contribution in [0, 0.1) is 0 Å². The summed E-state index contributed by atoms with van der Waals surface area (Å²) >= 11 is 1.71. The van der Waals surface area contributed by atoms with E-state index >= 15 is 0 Å². The molecule has 0 amide bonds.